The Morgan fingerprint density at radius 1 is 0.500 bits per heavy atom. The largest absolute Gasteiger partial charge is 0.391 e. The molecule has 0 unspecified atom stereocenters. The molecule has 0 saturated carbocycles. The summed E-state index contributed by atoms with van der Waals surface area (Å²) in [6, 6.07) is 0. The molecule has 0 fully saturated rings. The van der Waals surface area contributed by atoms with Gasteiger partial charge in [0.25, 0.3) is 0 Å². The Morgan fingerprint density at radius 2 is 0.816 bits per heavy atom. The lowest BCUT2D eigenvalue weighted by molar-refractivity contribution is 0.225. The van der Waals surface area contributed by atoms with Crippen LogP contribution in [0.25, 0.3) is 0 Å². The van der Waals surface area contributed by atoms with Gasteiger partial charge in [-0.25, -0.2) is 0 Å². The van der Waals surface area contributed by atoms with Crippen molar-refractivity contribution >= 4 is 188 Å². The van der Waals surface area contributed by atoms with Crippen LogP contribution in [-0.2, 0) is 0 Å². The number of hydrogen-bond acceptors (Lipinski definition) is 17. The van der Waals surface area contributed by atoms with Crippen LogP contribution in [-0.4, -0.2) is 58.2 Å². The minimum atomic E-state index is -0.324. The molecular formula is C21H20OS16. The van der Waals surface area contributed by atoms with Gasteiger partial charge in [-0.3, -0.25) is 0 Å². The van der Waals surface area contributed by atoms with Crippen molar-refractivity contribution in [2.24, 2.45) is 0 Å². The second-order valence-electron chi connectivity index (χ2n) is 7.34. The van der Waals surface area contributed by atoms with Crippen LogP contribution in [0.3, 0.4) is 0 Å². The van der Waals surface area contributed by atoms with Gasteiger partial charge in [0, 0.05) is 34.5 Å². The van der Waals surface area contributed by atoms with Gasteiger partial charge in [0.05, 0.1) is 56.9 Å². The van der Waals surface area contributed by atoms with Gasteiger partial charge in [0.15, 0.2) is 0 Å². The van der Waals surface area contributed by atoms with E-state index in [4.69, 9.17) is 0 Å². The molecule has 6 rings (SSSR count). The van der Waals surface area contributed by atoms with Gasteiger partial charge in [0.2, 0.25) is 0 Å². The van der Waals surface area contributed by atoms with Crippen LogP contribution in [0.15, 0.2) is 50.8 Å². The van der Waals surface area contributed by atoms with E-state index in [9.17, 15) is 5.11 Å². The molecule has 0 aliphatic carbocycles. The molecule has 0 radical (unpaired) electrons. The van der Waals surface area contributed by atoms with Crippen molar-refractivity contribution in [3.63, 3.8) is 0 Å². The van der Waals surface area contributed by atoms with E-state index in [1.807, 2.05) is 188 Å². The van der Waals surface area contributed by atoms with Gasteiger partial charge in [-0.2, -0.15) is 0 Å². The molecule has 1 nitrogen and oxygen atoms in total. The highest BCUT2D eigenvalue weighted by molar-refractivity contribution is 8.46. The lowest BCUT2D eigenvalue weighted by Gasteiger charge is -2.11. The third-order valence-corrected chi connectivity index (χ3v) is 28.4. The number of rotatable bonds is 8. The van der Waals surface area contributed by atoms with Crippen molar-refractivity contribution < 1.29 is 5.11 Å². The average molecular weight is 801 g/mol. The van der Waals surface area contributed by atoms with Crippen molar-refractivity contribution in [2.45, 2.75) is 6.10 Å². The maximum atomic E-state index is 10.9. The fourth-order valence-electron chi connectivity index (χ4n) is 3.13. The second kappa shape index (κ2) is 15.5. The molecule has 6 aliphatic rings. The summed E-state index contributed by atoms with van der Waals surface area (Å²) >= 11 is 31.0. The third kappa shape index (κ3) is 7.86. The lowest BCUT2D eigenvalue weighted by atomic mass is 10.5. The first kappa shape index (κ1) is 32.0. The molecule has 0 aromatic heterocycles. The first-order valence-corrected chi connectivity index (χ1v) is 25.9. The molecule has 6 heterocycles. The van der Waals surface area contributed by atoms with Gasteiger partial charge in [-0.15, -0.1) is 94.1 Å². The molecule has 38 heavy (non-hydrogen) atoms. The Kier molecular flexibility index (Phi) is 13.1. The molecule has 0 bridgehead atoms. The molecule has 0 atom stereocenters. The highest BCUT2D eigenvalue weighted by atomic mass is 32.3. The second-order valence-corrected chi connectivity index (χ2v) is 26.7. The first-order valence-electron chi connectivity index (χ1n) is 11.0. The summed E-state index contributed by atoms with van der Waals surface area (Å²) in [5.74, 6) is 6.40. The molecule has 0 saturated heterocycles. The number of aliphatic hydroxyl groups excluding tert-OH is 1. The number of aliphatic hydroxyl groups is 1. The SMILES string of the molecule is CSC1=C(SCC(O)CSC2=C(SC)SC(=C3SC4=C(SCCS4)S3)S2)SC(=C2SC3=C(SCCS3)S2)S1. The average Bonchev–Trinajstić information content (AvgIpc) is 3.73. The standard InChI is InChI=1S/C21H20OS16/c1-23-10-12(33-18(31-10)20-35-14-15(36-20)26-4-3-25-14)29-7-9(22)8-30-13-11(24-2)32-19(34-13)21-37-16-17(38-21)28-6-5-27-16/h9,22H,3-8H2,1-2H3. The maximum Gasteiger partial charge on any atom is 0.0728 e. The van der Waals surface area contributed by atoms with Gasteiger partial charge in [-0.05, 0) is 12.5 Å². The van der Waals surface area contributed by atoms with Crippen molar-refractivity contribution in [3.8, 4) is 0 Å². The smallest absolute Gasteiger partial charge is 0.0728 e. The van der Waals surface area contributed by atoms with Crippen LogP contribution < -0.4 is 0 Å². The molecule has 206 valence electrons. The Labute approximate surface area is 293 Å². The Morgan fingerprint density at radius 3 is 1.16 bits per heavy atom. The summed E-state index contributed by atoms with van der Waals surface area (Å²) in [5, 5.41) is 10.9. The van der Waals surface area contributed by atoms with E-state index < -0.39 is 0 Å². The number of hydrogen-bond donors (Lipinski definition) is 1. The van der Waals surface area contributed by atoms with Crippen molar-refractivity contribution in [1.29, 1.82) is 0 Å². The predicted octanol–water partition coefficient (Wildman–Crippen LogP) is 12.2. The Bertz CT molecular complexity index is 1050. The molecule has 0 aromatic rings. The zero-order chi connectivity index (χ0) is 26.1. The van der Waals surface area contributed by atoms with Crippen molar-refractivity contribution in [2.75, 3.05) is 47.0 Å². The van der Waals surface area contributed by atoms with Crippen LogP contribution in [0.5, 0.6) is 0 Å². The molecule has 17 heteroatoms. The van der Waals surface area contributed by atoms with Crippen molar-refractivity contribution in [1.82, 2.24) is 0 Å². The third-order valence-electron chi connectivity index (χ3n) is 4.77. The summed E-state index contributed by atoms with van der Waals surface area (Å²) < 4.78 is 17.3. The summed E-state index contributed by atoms with van der Waals surface area (Å²) in [7, 11) is 0. The van der Waals surface area contributed by atoms with Gasteiger partial charge in [-0.1, -0.05) is 94.1 Å². The van der Waals surface area contributed by atoms with Crippen molar-refractivity contribution in [3.05, 3.63) is 50.8 Å². The Balaban J connectivity index is 1.000. The molecule has 0 spiro atoms. The van der Waals surface area contributed by atoms with E-state index in [0.29, 0.717) is 0 Å². The minimum absolute atomic E-state index is 0.324. The molecule has 1 N–H and O–H groups in total. The predicted molar refractivity (Wildman–Crippen MR) is 211 cm³/mol. The lowest BCUT2D eigenvalue weighted by Crippen LogP contribution is -2.12. The van der Waals surface area contributed by atoms with Gasteiger partial charge < -0.3 is 5.11 Å². The number of thioether (sulfide) groups is 16. The zero-order valence-corrected chi connectivity index (χ0v) is 32.9. The van der Waals surface area contributed by atoms with Crippen LogP contribution >= 0.6 is 188 Å². The van der Waals surface area contributed by atoms with E-state index in [1.165, 1.54) is 73.9 Å². The minimum Gasteiger partial charge on any atom is -0.391 e. The zero-order valence-electron chi connectivity index (χ0n) is 19.8. The molecular weight excluding hydrogens is 781 g/mol. The monoisotopic (exact) mass is 800 g/mol. The van der Waals surface area contributed by atoms with Gasteiger partial charge >= 0.3 is 0 Å². The van der Waals surface area contributed by atoms with Crippen LogP contribution in [0.4, 0.5) is 0 Å². The first-order chi connectivity index (χ1) is 18.6. The van der Waals surface area contributed by atoms with E-state index >= 15 is 0 Å². The molecule has 6 aliphatic heterocycles. The van der Waals surface area contributed by atoms with E-state index in [1.54, 1.807) is 0 Å². The quantitative estimate of drug-likeness (QED) is 0.251. The fraction of sp³-hybridized carbons (Fsp3) is 0.429. The summed E-state index contributed by atoms with van der Waals surface area (Å²) in [6.07, 6.45) is 4.03. The molecule has 0 aromatic carbocycles. The topological polar surface area (TPSA) is 20.2 Å². The normalized spacial score (nSPS) is 24.3. The van der Waals surface area contributed by atoms with Crippen LogP contribution in [0.1, 0.15) is 0 Å². The summed E-state index contributed by atoms with van der Waals surface area (Å²) in [6.45, 7) is 0. The fourth-order valence-corrected chi connectivity index (χ4v) is 26.5. The molecule has 0 amide bonds. The maximum absolute atomic E-state index is 10.9. The van der Waals surface area contributed by atoms with Crippen LogP contribution in [0.2, 0.25) is 0 Å². The summed E-state index contributed by atoms with van der Waals surface area (Å²) in [4.78, 5) is 0. The summed E-state index contributed by atoms with van der Waals surface area (Å²) in [5.41, 5.74) is 0. The van der Waals surface area contributed by atoms with E-state index in [0.717, 1.165) is 11.5 Å². The van der Waals surface area contributed by atoms with E-state index in [2.05, 4.69) is 12.5 Å². The van der Waals surface area contributed by atoms with E-state index in [-0.39, 0.29) is 6.10 Å². The van der Waals surface area contributed by atoms with Gasteiger partial charge in [0.1, 0.15) is 0 Å². The Hall–Kier alpha value is 4.00. The van der Waals surface area contributed by atoms with Crippen LogP contribution in [0, 0.1) is 0 Å². The highest BCUT2D eigenvalue weighted by Crippen LogP contribution is 2.68. The highest BCUT2D eigenvalue weighted by Gasteiger charge is 2.33.